The van der Waals surface area contributed by atoms with Gasteiger partial charge in [0, 0.05) is 0 Å². The van der Waals surface area contributed by atoms with Crippen LogP contribution in [0.2, 0.25) is 13.1 Å². The molecule has 1 N–H and O–H groups in total. The zero-order valence-corrected chi connectivity index (χ0v) is 19.0. The third kappa shape index (κ3) is 5.32. The number of halogens is 2. The summed E-state index contributed by atoms with van der Waals surface area (Å²) in [6.07, 6.45) is -0.266. The number of rotatable bonds is 4. The van der Waals surface area contributed by atoms with Crippen LogP contribution in [0.3, 0.4) is 0 Å². The Bertz CT molecular complexity index is 632. The van der Waals surface area contributed by atoms with Gasteiger partial charge in [0.15, 0.2) is 0 Å². The van der Waals surface area contributed by atoms with Crippen LogP contribution >= 0.6 is 0 Å². The molecule has 0 aromatic heterocycles. The summed E-state index contributed by atoms with van der Waals surface area (Å²) in [5, 5.41) is 0. The van der Waals surface area contributed by atoms with E-state index < -0.39 is 16.9 Å². The molecule has 1 aliphatic carbocycles. The Morgan fingerprint density at radius 3 is 2.00 bits per heavy atom. The number of hydrogen-bond acceptors (Lipinski definition) is 1. The minimum atomic E-state index is -1.35. The first kappa shape index (κ1) is 23.2. The minimum Gasteiger partial charge on any atom is -1.00 e. The summed E-state index contributed by atoms with van der Waals surface area (Å²) in [6, 6.07) is 10.8. The van der Waals surface area contributed by atoms with Crippen LogP contribution in [-0.2, 0) is 23.4 Å². The summed E-state index contributed by atoms with van der Waals surface area (Å²) in [7, 11) is 0. The van der Waals surface area contributed by atoms with Gasteiger partial charge in [-0.3, -0.25) is 0 Å². The SMILES string of the molecule is CC1=C(C)C(C)[C]([Ti+2]([NH]Cc2ccccc2)=[Si](C)C)=C1C.[Cl-].[Cl-]. The van der Waals surface area contributed by atoms with Gasteiger partial charge in [-0.05, 0) is 0 Å². The summed E-state index contributed by atoms with van der Waals surface area (Å²) in [4.78, 5) is 0. The number of hydrogen-bond donors (Lipinski definition) is 1. The molecule has 5 heteroatoms. The van der Waals surface area contributed by atoms with Gasteiger partial charge in [0.05, 0.1) is 0 Å². The number of allylic oxidation sites excluding steroid dienone is 4. The van der Waals surface area contributed by atoms with Crippen LogP contribution in [0.1, 0.15) is 33.3 Å². The van der Waals surface area contributed by atoms with Crippen molar-refractivity contribution in [1.82, 2.24) is 3.80 Å². The van der Waals surface area contributed by atoms with Crippen molar-refractivity contribution in [3.63, 3.8) is 0 Å². The summed E-state index contributed by atoms with van der Waals surface area (Å²) < 4.78 is 5.81. The standard InChI is InChI=1S/C9H13.C7H8N.C2H6Si.2ClH.Ti/c1-6-5-7(2)9(4)8(6)3;8-6-7-4-2-1-3-5-7;1-3-2;;;/h6H,1-4H3;1-5,8H,6H2;1-2H3;2*1H;/q;-1;;;;+3/p-2. The van der Waals surface area contributed by atoms with E-state index in [1.165, 1.54) is 5.56 Å². The van der Waals surface area contributed by atoms with Crippen molar-refractivity contribution in [2.24, 2.45) is 5.92 Å². The van der Waals surface area contributed by atoms with Crippen LogP contribution in [-0.4, -0.2) is 6.19 Å². The molecule has 2 rings (SSSR count). The number of benzene rings is 1. The predicted molar refractivity (Wildman–Crippen MR) is 91.0 cm³/mol. The monoisotopic (exact) mass is 403 g/mol. The average Bonchev–Trinajstić information content (AvgIpc) is 2.66. The van der Waals surface area contributed by atoms with E-state index in [1.807, 2.05) is 0 Å². The average molecular weight is 404 g/mol. The Labute approximate surface area is 160 Å². The van der Waals surface area contributed by atoms with Gasteiger partial charge < -0.3 is 24.8 Å². The zero-order chi connectivity index (χ0) is 15.6. The molecule has 1 aliphatic rings. The first-order chi connectivity index (χ1) is 9.93. The fraction of sp³-hybridized carbons (Fsp3) is 0.444. The molecule has 0 radical (unpaired) electrons. The Morgan fingerprint density at radius 2 is 1.57 bits per heavy atom. The molecule has 0 aliphatic heterocycles. The van der Waals surface area contributed by atoms with Gasteiger partial charge >= 0.3 is 137 Å². The van der Waals surface area contributed by atoms with Crippen LogP contribution < -0.4 is 28.6 Å². The molecular weight excluding hydrogens is 377 g/mol. The van der Waals surface area contributed by atoms with Crippen LogP contribution in [0.5, 0.6) is 0 Å². The van der Waals surface area contributed by atoms with Crippen LogP contribution in [0.4, 0.5) is 0 Å². The van der Waals surface area contributed by atoms with Gasteiger partial charge in [-0.15, -0.1) is 0 Å². The molecule has 126 valence electrons. The van der Waals surface area contributed by atoms with E-state index in [4.69, 9.17) is 0 Å². The Balaban J connectivity index is 0.00000242. The van der Waals surface area contributed by atoms with Crippen molar-refractivity contribution in [3.05, 3.63) is 56.5 Å². The van der Waals surface area contributed by atoms with E-state index in [1.54, 1.807) is 20.6 Å². The van der Waals surface area contributed by atoms with E-state index in [0.717, 1.165) is 6.54 Å². The fourth-order valence-corrected chi connectivity index (χ4v) is 13.0. The molecular formula is C18H27Cl2NSiTi. The third-order valence-corrected chi connectivity index (χ3v) is 15.2. The van der Waals surface area contributed by atoms with Crippen molar-refractivity contribution in [2.75, 3.05) is 0 Å². The van der Waals surface area contributed by atoms with Crippen molar-refractivity contribution < 1.29 is 41.7 Å². The number of nitrogens with one attached hydrogen (secondary N) is 1. The van der Waals surface area contributed by atoms with Gasteiger partial charge in [0.1, 0.15) is 0 Å². The van der Waals surface area contributed by atoms with E-state index in [9.17, 15) is 0 Å². The molecule has 1 atom stereocenters. The molecule has 0 amide bonds. The maximum atomic E-state index is 4.01. The van der Waals surface area contributed by atoms with Gasteiger partial charge in [-0.25, -0.2) is 0 Å². The quantitative estimate of drug-likeness (QED) is 0.624. The van der Waals surface area contributed by atoms with Crippen molar-refractivity contribution in [2.45, 2.75) is 47.3 Å². The summed E-state index contributed by atoms with van der Waals surface area (Å²) >= 11 is -1.35. The molecule has 0 heterocycles. The first-order valence-corrected chi connectivity index (χ1v) is 14.2. The van der Waals surface area contributed by atoms with E-state index in [-0.39, 0.29) is 31.0 Å². The summed E-state index contributed by atoms with van der Waals surface area (Å²) in [5.41, 5.74) is 6.15. The summed E-state index contributed by atoms with van der Waals surface area (Å²) in [5.74, 6) is 0.670. The van der Waals surface area contributed by atoms with Crippen molar-refractivity contribution in [1.29, 1.82) is 0 Å². The van der Waals surface area contributed by atoms with Gasteiger partial charge in [-0.1, -0.05) is 0 Å². The molecule has 0 fully saturated rings. The second-order valence-electron chi connectivity index (χ2n) is 6.28. The van der Waals surface area contributed by atoms with E-state index in [0.29, 0.717) is 5.92 Å². The Morgan fingerprint density at radius 1 is 1.00 bits per heavy atom. The Hall–Kier alpha value is 0.171. The Kier molecular flexibility index (Phi) is 10.3. The molecule has 0 saturated heterocycles. The minimum absolute atomic E-state index is 0. The zero-order valence-electron chi connectivity index (χ0n) is 14.9. The maximum absolute atomic E-state index is 4.01. The van der Waals surface area contributed by atoms with Crippen molar-refractivity contribution >= 4 is 6.19 Å². The van der Waals surface area contributed by atoms with E-state index in [2.05, 4.69) is 74.9 Å². The van der Waals surface area contributed by atoms with Crippen molar-refractivity contribution in [3.8, 4) is 0 Å². The molecule has 1 aromatic carbocycles. The normalized spacial score (nSPS) is 16.5. The molecule has 0 saturated carbocycles. The molecule has 1 aromatic rings. The molecule has 1 unspecified atom stereocenters. The van der Waals surface area contributed by atoms with Gasteiger partial charge in [0.25, 0.3) is 0 Å². The maximum Gasteiger partial charge on any atom is -1.00 e. The molecule has 23 heavy (non-hydrogen) atoms. The van der Waals surface area contributed by atoms with Crippen LogP contribution in [0.15, 0.2) is 50.9 Å². The molecule has 0 bridgehead atoms. The summed E-state index contributed by atoms with van der Waals surface area (Å²) in [6.45, 7) is 15.4. The second-order valence-corrected chi connectivity index (χ2v) is 17.6. The first-order valence-electron chi connectivity index (χ1n) is 7.77. The van der Waals surface area contributed by atoms with Crippen LogP contribution in [0, 0.1) is 5.92 Å². The molecule has 0 spiro atoms. The van der Waals surface area contributed by atoms with E-state index >= 15 is 0 Å². The topological polar surface area (TPSA) is 12.0 Å². The van der Waals surface area contributed by atoms with Crippen LogP contribution in [0.25, 0.3) is 0 Å². The third-order valence-electron chi connectivity index (χ3n) is 4.72. The predicted octanol–water partition coefficient (Wildman–Crippen LogP) is -1.17. The largest absolute Gasteiger partial charge is 1.00 e. The smallest absolute Gasteiger partial charge is 1.00 e. The second kappa shape index (κ2) is 10.2. The van der Waals surface area contributed by atoms with Gasteiger partial charge in [-0.2, -0.15) is 0 Å². The fourth-order valence-electron chi connectivity index (χ4n) is 3.10. The molecule has 1 nitrogen and oxygen atoms in total. The van der Waals surface area contributed by atoms with Gasteiger partial charge in [0.2, 0.25) is 0 Å².